The standard InChI is InChI=1S/C8H16O3S/c1-3-4-5-12(11)7(2)6-8(9)10/h7H,3-6H2,1-2H3,(H,9,10). The van der Waals surface area contributed by atoms with Gasteiger partial charge in [-0.05, 0) is 6.42 Å². The molecule has 0 spiro atoms. The summed E-state index contributed by atoms with van der Waals surface area (Å²) in [6.07, 6.45) is 1.93. The molecular formula is C8H16O3S. The fourth-order valence-electron chi connectivity index (χ4n) is 0.827. The molecular weight excluding hydrogens is 176 g/mol. The van der Waals surface area contributed by atoms with Crippen LogP contribution in [0.1, 0.15) is 33.1 Å². The Kier molecular flexibility index (Phi) is 5.98. The fraction of sp³-hybridized carbons (Fsp3) is 0.875. The van der Waals surface area contributed by atoms with Crippen LogP contribution in [0.5, 0.6) is 0 Å². The third kappa shape index (κ3) is 5.29. The second-order valence-corrected chi connectivity index (χ2v) is 4.82. The number of carboxylic acid groups (broad SMARTS) is 1. The van der Waals surface area contributed by atoms with E-state index in [1.165, 1.54) is 0 Å². The van der Waals surface area contributed by atoms with Crippen LogP contribution >= 0.6 is 0 Å². The highest BCUT2D eigenvalue weighted by atomic mass is 32.2. The largest absolute Gasteiger partial charge is 0.481 e. The molecule has 0 aliphatic rings. The number of hydrogen-bond acceptors (Lipinski definition) is 2. The molecule has 0 aromatic heterocycles. The van der Waals surface area contributed by atoms with Gasteiger partial charge in [-0.3, -0.25) is 9.00 Å². The van der Waals surface area contributed by atoms with Gasteiger partial charge < -0.3 is 5.11 Å². The van der Waals surface area contributed by atoms with E-state index in [0.29, 0.717) is 5.75 Å². The fourth-order valence-corrected chi connectivity index (χ4v) is 2.13. The Morgan fingerprint density at radius 1 is 1.58 bits per heavy atom. The molecule has 12 heavy (non-hydrogen) atoms. The van der Waals surface area contributed by atoms with Gasteiger partial charge in [0.2, 0.25) is 0 Å². The number of hydrogen-bond donors (Lipinski definition) is 1. The first-order valence-electron chi connectivity index (χ1n) is 4.17. The van der Waals surface area contributed by atoms with Crippen LogP contribution in [-0.4, -0.2) is 26.3 Å². The average Bonchev–Trinajstić information content (AvgIpc) is 1.98. The van der Waals surface area contributed by atoms with Crippen molar-refractivity contribution in [3.63, 3.8) is 0 Å². The second-order valence-electron chi connectivity index (χ2n) is 2.85. The average molecular weight is 192 g/mol. The molecule has 1 N–H and O–H groups in total. The molecule has 0 bridgehead atoms. The first-order valence-corrected chi connectivity index (χ1v) is 5.55. The summed E-state index contributed by atoms with van der Waals surface area (Å²) in [5.41, 5.74) is 0. The van der Waals surface area contributed by atoms with E-state index >= 15 is 0 Å². The van der Waals surface area contributed by atoms with Crippen molar-refractivity contribution in [2.45, 2.75) is 38.4 Å². The van der Waals surface area contributed by atoms with Crippen LogP contribution in [0.15, 0.2) is 0 Å². The van der Waals surface area contributed by atoms with Crippen molar-refractivity contribution in [1.29, 1.82) is 0 Å². The van der Waals surface area contributed by atoms with E-state index in [1.54, 1.807) is 6.92 Å². The topological polar surface area (TPSA) is 54.4 Å². The Morgan fingerprint density at radius 3 is 2.58 bits per heavy atom. The van der Waals surface area contributed by atoms with Gasteiger partial charge in [0.1, 0.15) is 0 Å². The van der Waals surface area contributed by atoms with Crippen LogP contribution in [0.25, 0.3) is 0 Å². The molecule has 0 radical (unpaired) electrons. The van der Waals surface area contributed by atoms with Gasteiger partial charge in [0.25, 0.3) is 0 Å². The van der Waals surface area contributed by atoms with Crippen LogP contribution in [0.4, 0.5) is 0 Å². The minimum atomic E-state index is -0.966. The summed E-state index contributed by atoms with van der Waals surface area (Å²) >= 11 is 0. The van der Waals surface area contributed by atoms with E-state index in [9.17, 15) is 9.00 Å². The molecule has 0 aromatic carbocycles. The molecule has 72 valence electrons. The number of carbonyl (C=O) groups is 1. The molecule has 0 saturated heterocycles. The van der Waals surface area contributed by atoms with E-state index in [0.717, 1.165) is 12.8 Å². The van der Waals surface area contributed by atoms with Crippen molar-refractivity contribution >= 4 is 16.8 Å². The lowest BCUT2D eigenvalue weighted by Crippen LogP contribution is -2.17. The van der Waals surface area contributed by atoms with Crippen LogP contribution in [-0.2, 0) is 15.6 Å². The Balaban J connectivity index is 3.69. The molecule has 2 atom stereocenters. The van der Waals surface area contributed by atoms with E-state index in [-0.39, 0.29) is 11.7 Å². The quantitative estimate of drug-likeness (QED) is 0.692. The SMILES string of the molecule is CCCCS(=O)C(C)CC(=O)O. The lowest BCUT2D eigenvalue weighted by molar-refractivity contribution is -0.136. The summed E-state index contributed by atoms with van der Waals surface area (Å²) in [6.45, 7) is 3.75. The zero-order valence-corrected chi connectivity index (χ0v) is 8.39. The van der Waals surface area contributed by atoms with Crippen molar-refractivity contribution in [2.75, 3.05) is 5.75 Å². The Bertz CT molecular complexity index is 168. The molecule has 4 heteroatoms. The van der Waals surface area contributed by atoms with Crippen LogP contribution in [0, 0.1) is 0 Å². The van der Waals surface area contributed by atoms with Gasteiger partial charge in [-0.1, -0.05) is 20.3 Å². The number of carboxylic acids is 1. The van der Waals surface area contributed by atoms with Gasteiger partial charge in [0.15, 0.2) is 0 Å². The van der Waals surface area contributed by atoms with Crippen molar-refractivity contribution in [2.24, 2.45) is 0 Å². The zero-order chi connectivity index (χ0) is 9.56. The predicted octanol–water partition coefficient (Wildman–Crippen LogP) is 1.40. The summed E-state index contributed by atoms with van der Waals surface area (Å²) in [6, 6.07) is 0. The van der Waals surface area contributed by atoms with E-state index in [2.05, 4.69) is 0 Å². The van der Waals surface area contributed by atoms with Gasteiger partial charge in [-0.25, -0.2) is 0 Å². The highest BCUT2D eigenvalue weighted by Gasteiger charge is 2.13. The number of rotatable bonds is 6. The zero-order valence-electron chi connectivity index (χ0n) is 7.58. The summed E-state index contributed by atoms with van der Waals surface area (Å²) in [7, 11) is -0.966. The minimum Gasteiger partial charge on any atom is -0.481 e. The van der Waals surface area contributed by atoms with Gasteiger partial charge in [0.05, 0.1) is 6.42 Å². The van der Waals surface area contributed by atoms with Crippen LogP contribution in [0.3, 0.4) is 0 Å². The maximum Gasteiger partial charge on any atom is 0.304 e. The predicted molar refractivity (Wildman–Crippen MR) is 49.6 cm³/mol. The maximum atomic E-state index is 11.3. The molecule has 3 nitrogen and oxygen atoms in total. The van der Waals surface area contributed by atoms with Crippen LogP contribution < -0.4 is 0 Å². The summed E-state index contributed by atoms with van der Waals surface area (Å²) in [5, 5.41) is 8.21. The highest BCUT2D eigenvalue weighted by Crippen LogP contribution is 2.04. The monoisotopic (exact) mass is 192 g/mol. The van der Waals surface area contributed by atoms with Gasteiger partial charge in [-0.2, -0.15) is 0 Å². The third-order valence-electron chi connectivity index (χ3n) is 1.61. The normalized spacial score (nSPS) is 15.5. The number of aliphatic carboxylic acids is 1. The Hall–Kier alpha value is -0.380. The van der Waals surface area contributed by atoms with E-state index in [4.69, 9.17) is 5.11 Å². The van der Waals surface area contributed by atoms with Crippen molar-refractivity contribution in [3.05, 3.63) is 0 Å². The third-order valence-corrected chi connectivity index (χ3v) is 3.37. The molecule has 0 aliphatic carbocycles. The second kappa shape index (κ2) is 6.17. The molecule has 0 aliphatic heterocycles. The lowest BCUT2D eigenvalue weighted by atomic mass is 10.3. The van der Waals surface area contributed by atoms with Crippen LogP contribution in [0.2, 0.25) is 0 Å². The smallest absolute Gasteiger partial charge is 0.304 e. The lowest BCUT2D eigenvalue weighted by Gasteiger charge is -2.07. The summed E-state index contributed by atoms with van der Waals surface area (Å²) in [4.78, 5) is 10.3. The Morgan fingerprint density at radius 2 is 2.17 bits per heavy atom. The number of unbranched alkanes of at least 4 members (excludes halogenated alkanes) is 1. The summed E-state index contributed by atoms with van der Waals surface area (Å²) < 4.78 is 11.3. The molecule has 0 amide bonds. The minimum absolute atomic E-state index is 0.0102. The highest BCUT2D eigenvalue weighted by molar-refractivity contribution is 7.85. The van der Waals surface area contributed by atoms with Crippen molar-refractivity contribution < 1.29 is 14.1 Å². The maximum absolute atomic E-state index is 11.3. The molecule has 2 unspecified atom stereocenters. The summed E-state index contributed by atoms with van der Waals surface area (Å²) in [5.74, 6) is -0.238. The van der Waals surface area contributed by atoms with E-state index in [1.807, 2.05) is 6.92 Å². The van der Waals surface area contributed by atoms with Gasteiger partial charge in [-0.15, -0.1) is 0 Å². The first-order chi connectivity index (χ1) is 5.57. The van der Waals surface area contributed by atoms with E-state index < -0.39 is 16.8 Å². The van der Waals surface area contributed by atoms with Gasteiger partial charge >= 0.3 is 5.97 Å². The molecule has 0 saturated carbocycles. The first kappa shape index (κ1) is 11.6. The molecule has 0 heterocycles. The Labute approximate surface area is 75.6 Å². The van der Waals surface area contributed by atoms with Crippen molar-refractivity contribution in [1.82, 2.24) is 0 Å². The molecule has 0 fully saturated rings. The molecule has 0 aromatic rings. The van der Waals surface area contributed by atoms with Gasteiger partial charge in [0, 0.05) is 21.8 Å². The van der Waals surface area contributed by atoms with Crippen molar-refractivity contribution in [3.8, 4) is 0 Å². The molecule has 0 rings (SSSR count).